The lowest BCUT2D eigenvalue weighted by atomic mass is 10.1. The van der Waals surface area contributed by atoms with Gasteiger partial charge >= 0.3 is 0 Å². The second kappa shape index (κ2) is 6.24. The van der Waals surface area contributed by atoms with Crippen LogP contribution in [-0.2, 0) is 16.0 Å². The number of aromatic amines is 1. The number of hydrogen-bond acceptors (Lipinski definition) is 4. The zero-order valence-electron chi connectivity index (χ0n) is 12.1. The van der Waals surface area contributed by atoms with E-state index in [1.54, 1.807) is 0 Å². The summed E-state index contributed by atoms with van der Waals surface area (Å²) < 4.78 is 5.47. The molecule has 3 rings (SSSR count). The average molecular weight is 288 g/mol. The van der Waals surface area contributed by atoms with E-state index in [1.807, 2.05) is 31.2 Å². The number of aromatic nitrogens is 2. The number of rotatable bonds is 4. The Kier molecular flexibility index (Phi) is 4.17. The molecule has 6 heteroatoms. The summed E-state index contributed by atoms with van der Waals surface area (Å²) in [6, 6.07) is 7.64. The second-order valence-electron chi connectivity index (χ2n) is 5.25. The standard InChI is InChI=1S/C15H20N4O2/c1-10-14(16-8-9-21-10)15(20)17-7-6-13-18-11-4-2-3-5-12(11)19-13/h2-5,10,14,16H,6-9H2,1H3,(H,17,20)(H,18,19)/t10-,14+/m1/s1. The quantitative estimate of drug-likeness (QED) is 0.770. The molecule has 3 N–H and O–H groups in total. The molecule has 1 aliphatic heterocycles. The largest absolute Gasteiger partial charge is 0.375 e. The molecule has 21 heavy (non-hydrogen) atoms. The maximum atomic E-state index is 12.1. The molecule has 0 radical (unpaired) electrons. The Morgan fingerprint density at radius 3 is 3.14 bits per heavy atom. The van der Waals surface area contributed by atoms with E-state index in [4.69, 9.17) is 4.74 Å². The number of ether oxygens (including phenoxy) is 1. The van der Waals surface area contributed by atoms with Crippen LogP contribution in [0, 0.1) is 0 Å². The van der Waals surface area contributed by atoms with Crippen molar-refractivity contribution in [3.8, 4) is 0 Å². The molecule has 1 saturated heterocycles. The summed E-state index contributed by atoms with van der Waals surface area (Å²) in [6.45, 7) is 3.84. The van der Waals surface area contributed by atoms with Crippen LogP contribution in [0.5, 0.6) is 0 Å². The third-order valence-electron chi connectivity index (χ3n) is 3.70. The fourth-order valence-corrected chi connectivity index (χ4v) is 2.57. The molecule has 2 atom stereocenters. The number of fused-ring (bicyclic) bond motifs is 1. The van der Waals surface area contributed by atoms with Crippen LogP contribution in [0.15, 0.2) is 24.3 Å². The Morgan fingerprint density at radius 2 is 2.33 bits per heavy atom. The fourth-order valence-electron chi connectivity index (χ4n) is 2.57. The second-order valence-corrected chi connectivity index (χ2v) is 5.25. The van der Waals surface area contributed by atoms with Crippen molar-refractivity contribution in [2.24, 2.45) is 0 Å². The van der Waals surface area contributed by atoms with E-state index in [-0.39, 0.29) is 18.1 Å². The van der Waals surface area contributed by atoms with Gasteiger partial charge in [-0.25, -0.2) is 4.98 Å². The summed E-state index contributed by atoms with van der Waals surface area (Å²) in [5, 5.41) is 6.11. The van der Waals surface area contributed by atoms with E-state index < -0.39 is 0 Å². The first-order valence-corrected chi connectivity index (χ1v) is 7.30. The van der Waals surface area contributed by atoms with Gasteiger partial charge < -0.3 is 20.4 Å². The molecule has 0 aliphatic carbocycles. The summed E-state index contributed by atoms with van der Waals surface area (Å²) in [6.07, 6.45) is 0.590. The lowest BCUT2D eigenvalue weighted by Crippen LogP contribution is -2.55. The number of amides is 1. The van der Waals surface area contributed by atoms with Gasteiger partial charge in [0.05, 0.1) is 23.7 Å². The lowest BCUT2D eigenvalue weighted by molar-refractivity contribution is -0.128. The Balaban J connectivity index is 1.52. The molecule has 1 aliphatic rings. The van der Waals surface area contributed by atoms with Gasteiger partial charge in [0.15, 0.2) is 0 Å². The summed E-state index contributed by atoms with van der Waals surface area (Å²) in [7, 11) is 0. The van der Waals surface area contributed by atoms with Gasteiger partial charge in [-0.1, -0.05) is 12.1 Å². The van der Waals surface area contributed by atoms with Gasteiger partial charge in [0.2, 0.25) is 5.91 Å². The highest BCUT2D eigenvalue weighted by Gasteiger charge is 2.27. The van der Waals surface area contributed by atoms with Crippen LogP contribution in [-0.4, -0.2) is 47.7 Å². The molecular weight excluding hydrogens is 268 g/mol. The highest BCUT2D eigenvalue weighted by atomic mass is 16.5. The highest BCUT2D eigenvalue weighted by molar-refractivity contribution is 5.82. The van der Waals surface area contributed by atoms with Gasteiger partial charge in [-0.05, 0) is 19.1 Å². The predicted molar refractivity (Wildman–Crippen MR) is 80.0 cm³/mol. The van der Waals surface area contributed by atoms with E-state index >= 15 is 0 Å². The molecule has 1 aromatic heterocycles. The topological polar surface area (TPSA) is 79.0 Å². The number of hydrogen-bond donors (Lipinski definition) is 3. The number of carbonyl (C=O) groups excluding carboxylic acids is 1. The molecule has 2 aromatic rings. The van der Waals surface area contributed by atoms with Crippen LogP contribution >= 0.6 is 0 Å². The maximum absolute atomic E-state index is 12.1. The molecule has 0 bridgehead atoms. The SMILES string of the molecule is C[C@H]1OCCN[C@@H]1C(=O)NCCc1nc2ccccc2[nH]1. The summed E-state index contributed by atoms with van der Waals surface area (Å²) >= 11 is 0. The highest BCUT2D eigenvalue weighted by Crippen LogP contribution is 2.10. The minimum atomic E-state index is -0.269. The Morgan fingerprint density at radius 1 is 1.48 bits per heavy atom. The Bertz CT molecular complexity index is 592. The summed E-state index contributed by atoms with van der Waals surface area (Å²) in [5.74, 6) is 0.871. The number of carbonyl (C=O) groups is 1. The van der Waals surface area contributed by atoms with Crippen molar-refractivity contribution in [3.05, 3.63) is 30.1 Å². The number of morpholine rings is 1. The molecule has 112 valence electrons. The molecule has 6 nitrogen and oxygen atoms in total. The molecule has 1 fully saturated rings. The minimum absolute atomic E-state index is 0.0155. The van der Waals surface area contributed by atoms with Crippen molar-refractivity contribution in [1.29, 1.82) is 0 Å². The first-order chi connectivity index (χ1) is 10.2. The van der Waals surface area contributed by atoms with E-state index in [9.17, 15) is 4.79 Å². The molecule has 0 saturated carbocycles. The first kappa shape index (κ1) is 14.0. The molecule has 2 heterocycles. The number of imidazole rings is 1. The number of benzene rings is 1. The fraction of sp³-hybridized carbons (Fsp3) is 0.467. The molecule has 0 unspecified atom stereocenters. The number of nitrogens with one attached hydrogen (secondary N) is 3. The summed E-state index contributed by atoms with van der Waals surface area (Å²) in [5.41, 5.74) is 1.98. The van der Waals surface area contributed by atoms with Gasteiger partial charge in [-0.15, -0.1) is 0 Å². The van der Waals surface area contributed by atoms with E-state index in [1.165, 1.54) is 0 Å². The third-order valence-corrected chi connectivity index (χ3v) is 3.70. The monoisotopic (exact) mass is 288 g/mol. The Labute approximate surface area is 123 Å². The molecular formula is C15H20N4O2. The van der Waals surface area contributed by atoms with Crippen molar-refractivity contribution in [2.75, 3.05) is 19.7 Å². The van der Waals surface area contributed by atoms with Crippen LogP contribution in [0.25, 0.3) is 11.0 Å². The zero-order valence-corrected chi connectivity index (χ0v) is 12.1. The van der Waals surface area contributed by atoms with Gasteiger partial charge in [0.1, 0.15) is 11.9 Å². The van der Waals surface area contributed by atoms with Gasteiger partial charge in [-0.2, -0.15) is 0 Å². The minimum Gasteiger partial charge on any atom is -0.375 e. The van der Waals surface area contributed by atoms with Crippen LogP contribution in [0.3, 0.4) is 0 Å². The average Bonchev–Trinajstić information content (AvgIpc) is 2.90. The molecule has 1 aromatic carbocycles. The molecule has 1 amide bonds. The van der Waals surface area contributed by atoms with Gasteiger partial charge in [0.25, 0.3) is 0 Å². The number of nitrogens with zero attached hydrogens (tertiary/aromatic N) is 1. The predicted octanol–water partition coefficient (Wildman–Crippen LogP) is 0.599. The van der Waals surface area contributed by atoms with Gasteiger partial charge in [0, 0.05) is 19.5 Å². The van der Waals surface area contributed by atoms with Crippen molar-refractivity contribution in [2.45, 2.75) is 25.5 Å². The smallest absolute Gasteiger partial charge is 0.239 e. The number of H-pyrrole nitrogens is 1. The van der Waals surface area contributed by atoms with Crippen LogP contribution in [0.1, 0.15) is 12.7 Å². The van der Waals surface area contributed by atoms with Crippen molar-refractivity contribution >= 4 is 16.9 Å². The molecule has 0 spiro atoms. The van der Waals surface area contributed by atoms with Gasteiger partial charge in [-0.3, -0.25) is 4.79 Å². The first-order valence-electron chi connectivity index (χ1n) is 7.30. The van der Waals surface area contributed by atoms with E-state index in [0.717, 1.165) is 16.9 Å². The van der Waals surface area contributed by atoms with Crippen molar-refractivity contribution < 1.29 is 9.53 Å². The van der Waals surface area contributed by atoms with Crippen LogP contribution < -0.4 is 10.6 Å². The summed E-state index contributed by atoms with van der Waals surface area (Å²) in [4.78, 5) is 19.8. The van der Waals surface area contributed by atoms with Crippen molar-refractivity contribution in [1.82, 2.24) is 20.6 Å². The Hall–Kier alpha value is -1.92. The van der Waals surface area contributed by atoms with Crippen LogP contribution in [0.2, 0.25) is 0 Å². The normalized spacial score (nSPS) is 22.3. The van der Waals surface area contributed by atoms with E-state index in [2.05, 4.69) is 20.6 Å². The zero-order chi connectivity index (χ0) is 14.7. The maximum Gasteiger partial charge on any atom is 0.239 e. The van der Waals surface area contributed by atoms with E-state index in [0.29, 0.717) is 26.1 Å². The lowest BCUT2D eigenvalue weighted by Gasteiger charge is -2.29. The van der Waals surface area contributed by atoms with Crippen LogP contribution in [0.4, 0.5) is 0 Å². The number of para-hydroxylation sites is 2. The third kappa shape index (κ3) is 3.22. The van der Waals surface area contributed by atoms with Crippen molar-refractivity contribution in [3.63, 3.8) is 0 Å².